The lowest BCUT2D eigenvalue weighted by molar-refractivity contribution is 0.0939. The number of benzene rings is 3. The van der Waals surface area contributed by atoms with Gasteiger partial charge >= 0.3 is 0 Å². The van der Waals surface area contributed by atoms with Gasteiger partial charge in [-0.3, -0.25) is 4.79 Å². The molecule has 1 amide bonds. The third kappa shape index (κ3) is 5.83. The molecule has 0 aliphatic carbocycles. The van der Waals surface area contributed by atoms with Gasteiger partial charge in [-0.25, -0.2) is 0 Å². The molecule has 3 rings (SSSR count). The molecule has 0 saturated heterocycles. The fourth-order valence-electron chi connectivity index (χ4n) is 3.51. The van der Waals surface area contributed by atoms with Crippen LogP contribution in [-0.2, 0) is 12.0 Å². The minimum absolute atomic E-state index is 0.0415. The Labute approximate surface area is 195 Å². The summed E-state index contributed by atoms with van der Waals surface area (Å²) in [4.78, 5) is 12.9. The number of carbonyl (C=O) groups is 1. The Bertz CT molecular complexity index is 1070. The summed E-state index contributed by atoms with van der Waals surface area (Å²) in [6.45, 7) is 8.70. The van der Waals surface area contributed by atoms with Crippen molar-refractivity contribution in [2.45, 2.75) is 45.8 Å². The van der Waals surface area contributed by atoms with Crippen molar-refractivity contribution in [3.05, 3.63) is 94.0 Å². The number of halogens is 1. The SMILES string of the molecule is COc1ccc(C(=O)N[C@@H](C)c2ccc(Cl)cc2)cc1COc1ccccc1C(C)(C)C. The highest BCUT2D eigenvalue weighted by Crippen LogP contribution is 2.32. The summed E-state index contributed by atoms with van der Waals surface area (Å²) in [7, 11) is 1.62. The Kier molecular flexibility index (Phi) is 7.47. The Morgan fingerprint density at radius 1 is 1.00 bits per heavy atom. The second-order valence-corrected chi connectivity index (χ2v) is 9.24. The van der Waals surface area contributed by atoms with Crippen molar-refractivity contribution >= 4 is 17.5 Å². The van der Waals surface area contributed by atoms with E-state index in [4.69, 9.17) is 21.1 Å². The lowest BCUT2D eigenvalue weighted by Gasteiger charge is -2.23. The summed E-state index contributed by atoms with van der Waals surface area (Å²) >= 11 is 5.96. The first-order valence-electron chi connectivity index (χ1n) is 10.6. The first kappa shape index (κ1) is 23.7. The summed E-state index contributed by atoms with van der Waals surface area (Å²) in [6.07, 6.45) is 0. The molecule has 168 valence electrons. The number of hydrogen-bond donors (Lipinski definition) is 1. The second-order valence-electron chi connectivity index (χ2n) is 8.81. The number of carbonyl (C=O) groups excluding carboxylic acids is 1. The van der Waals surface area contributed by atoms with Crippen molar-refractivity contribution in [2.75, 3.05) is 7.11 Å². The van der Waals surface area contributed by atoms with Crippen LogP contribution in [-0.4, -0.2) is 13.0 Å². The van der Waals surface area contributed by atoms with Crippen LogP contribution in [0.5, 0.6) is 11.5 Å². The van der Waals surface area contributed by atoms with Crippen LogP contribution in [0, 0.1) is 0 Å². The van der Waals surface area contributed by atoms with Crippen molar-refractivity contribution < 1.29 is 14.3 Å². The van der Waals surface area contributed by atoms with E-state index in [0.29, 0.717) is 22.9 Å². The minimum Gasteiger partial charge on any atom is -0.496 e. The summed E-state index contributed by atoms with van der Waals surface area (Å²) in [6, 6.07) is 20.7. The third-order valence-corrected chi connectivity index (χ3v) is 5.59. The molecule has 0 fully saturated rings. The first-order valence-corrected chi connectivity index (χ1v) is 11.0. The van der Waals surface area contributed by atoms with Gasteiger partial charge in [0, 0.05) is 16.1 Å². The summed E-state index contributed by atoms with van der Waals surface area (Å²) < 4.78 is 11.7. The van der Waals surface area contributed by atoms with Crippen LogP contribution < -0.4 is 14.8 Å². The normalized spacial score (nSPS) is 12.2. The molecular weight excluding hydrogens is 422 g/mol. The van der Waals surface area contributed by atoms with Crippen LogP contribution in [0.4, 0.5) is 0 Å². The molecule has 5 heteroatoms. The maximum Gasteiger partial charge on any atom is 0.251 e. The topological polar surface area (TPSA) is 47.6 Å². The molecule has 0 aromatic heterocycles. The monoisotopic (exact) mass is 451 g/mol. The molecule has 0 saturated carbocycles. The average Bonchev–Trinajstić information content (AvgIpc) is 2.77. The lowest BCUT2D eigenvalue weighted by Crippen LogP contribution is -2.26. The van der Waals surface area contributed by atoms with E-state index in [0.717, 1.165) is 22.4 Å². The molecule has 1 N–H and O–H groups in total. The lowest BCUT2D eigenvalue weighted by atomic mass is 9.86. The second kappa shape index (κ2) is 10.1. The number of methoxy groups -OCH3 is 1. The molecule has 0 radical (unpaired) electrons. The van der Waals surface area contributed by atoms with Crippen LogP contribution in [0.15, 0.2) is 66.7 Å². The highest BCUT2D eigenvalue weighted by atomic mass is 35.5. The Morgan fingerprint density at radius 2 is 1.69 bits per heavy atom. The van der Waals surface area contributed by atoms with E-state index in [1.54, 1.807) is 19.2 Å². The number of para-hydroxylation sites is 1. The van der Waals surface area contributed by atoms with E-state index >= 15 is 0 Å². The molecule has 32 heavy (non-hydrogen) atoms. The number of amides is 1. The van der Waals surface area contributed by atoms with Crippen molar-refractivity contribution in [1.29, 1.82) is 0 Å². The van der Waals surface area contributed by atoms with Gasteiger partial charge in [-0.2, -0.15) is 0 Å². The number of nitrogens with one attached hydrogen (secondary N) is 1. The molecule has 0 spiro atoms. The van der Waals surface area contributed by atoms with Gasteiger partial charge in [-0.15, -0.1) is 0 Å². The maximum absolute atomic E-state index is 12.9. The zero-order chi connectivity index (χ0) is 23.3. The maximum atomic E-state index is 12.9. The summed E-state index contributed by atoms with van der Waals surface area (Å²) in [5, 5.41) is 3.70. The van der Waals surface area contributed by atoms with E-state index in [2.05, 4.69) is 32.2 Å². The fourth-order valence-corrected chi connectivity index (χ4v) is 3.64. The zero-order valence-electron chi connectivity index (χ0n) is 19.2. The molecule has 4 nitrogen and oxygen atoms in total. The Balaban J connectivity index is 1.77. The van der Waals surface area contributed by atoms with Crippen LogP contribution in [0.3, 0.4) is 0 Å². The van der Waals surface area contributed by atoms with E-state index in [-0.39, 0.29) is 17.4 Å². The largest absolute Gasteiger partial charge is 0.496 e. The summed E-state index contributed by atoms with van der Waals surface area (Å²) in [5.74, 6) is 1.35. The fraction of sp³-hybridized carbons (Fsp3) is 0.296. The molecule has 3 aromatic carbocycles. The first-order chi connectivity index (χ1) is 15.2. The zero-order valence-corrected chi connectivity index (χ0v) is 20.0. The van der Waals surface area contributed by atoms with Gasteiger partial charge in [0.05, 0.1) is 13.2 Å². The Hall–Kier alpha value is -2.98. The number of ether oxygens (including phenoxy) is 2. The highest BCUT2D eigenvalue weighted by molar-refractivity contribution is 6.30. The minimum atomic E-state index is -0.161. The van der Waals surface area contributed by atoms with Gasteiger partial charge in [0.1, 0.15) is 18.1 Å². The quantitative estimate of drug-likeness (QED) is 0.434. The van der Waals surface area contributed by atoms with E-state index < -0.39 is 0 Å². The average molecular weight is 452 g/mol. The van der Waals surface area contributed by atoms with E-state index in [1.807, 2.05) is 55.5 Å². The van der Waals surface area contributed by atoms with Gasteiger partial charge < -0.3 is 14.8 Å². The van der Waals surface area contributed by atoms with Crippen LogP contribution in [0.25, 0.3) is 0 Å². The Morgan fingerprint density at radius 3 is 2.34 bits per heavy atom. The van der Waals surface area contributed by atoms with Crippen LogP contribution >= 0.6 is 11.6 Å². The standard InChI is InChI=1S/C27H30ClNO3/c1-18(19-10-13-22(28)14-11-19)29-26(30)20-12-15-24(31-5)21(16-20)17-32-25-9-7-6-8-23(25)27(2,3)4/h6-16,18H,17H2,1-5H3,(H,29,30)/t18-/m0/s1. The van der Waals surface area contributed by atoms with Crippen molar-refractivity contribution in [3.8, 4) is 11.5 Å². The van der Waals surface area contributed by atoms with Gasteiger partial charge in [0.15, 0.2) is 0 Å². The molecular formula is C27H30ClNO3. The predicted octanol–water partition coefficient (Wildman–Crippen LogP) is 6.72. The molecule has 0 heterocycles. The predicted molar refractivity (Wildman–Crippen MR) is 130 cm³/mol. The molecule has 0 unspecified atom stereocenters. The van der Waals surface area contributed by atoms with E-state index in [1.165, 1.54) is 0 Å². The molecule has 1 atom stereocenters. The smallest absolute Gasteiger partial charge is 0.251 e. The molecule has 0 aliphatic heterocycles. The van der Waals surface area contributed by atoms with Gasteiger partial charge in [0.2, 0.25) is 0 Å². The molecule has 3 aromatic rings. The van der Waals surface area contributed by atoms with Gasteiger partial charge in [-0.1, -0.05) is 62.7 Å². The van der Waals surface area contributed by atoms with E-state index in [9.17, 15) is 4.79 Å². The van der Waals surface area contributed by atoms with Crippen LogP contribution in [0.1, 0.15) is 60.8 Å². The van der Waals surface area contributed by atoms with Crippen LogP contribution in [0.2, 0.25) is 5.02 Å². The van der Waals surface area contributed by atoms with Crippen molar-refractivity contribution in [2.24, 2.45) is 0 Å². The highest BCUT2D eigenvalue weighted by Gasteiger charge is 2.19. The number of hydrogen-bond acceptors (Lipinski definition) is 3. The molecule has 0 bridgehead atoms. The number of rotatable bonds is 7. The van der Waals surface area contributed by atoms with Gasteiger partial charge in [-0.05, 0) is 59.9 Å². The van der Waals surface area contributed by atoms with Gasteiger partial charge in [0.25, 0.3) is 5.91 Å². The van der Waals surface area contributed by atoms with Crippen molar-refractivity contribution in [1.82, 2.24) is 5.32 Å². The third-order valence-electron chi connectivity index (χ3n) is 5.34. The molecule has 0 aliphatic rings. The van der Waals surface area contributed by atoms with Crippen molar-refractivity contribution in [3.63, 3.8) is 0 Å². The summed E-state index contributed by atoms with van der Waals surface area (Å²) in [5.41, 5.74) is 3.43.